The molecule has 3 heterocycles. The number of ether oxygens (including phenoxy) is 2. The molecule has 4 rings (SSSR count). The molecule has 2 fully saturated rings. The molecule has 0 bridgehead atoms. The molecule has 5 heteroatoms. The number of piperidine rings is 1. The minimum absolute atomic E-state index is 0.117. The number of benzene rings is 1. The smallest absolute Gasteiger partial charge is 0.253 e. The molecule has 2 aliphatic heterocycles. The van der Waals surface area contributed by atoms with Gasteiger partial charge in [-0.05, 0) is 48.9 Å². The summed E-state index contributed by atoms with van der Waals surface area (Å²) in [5, 5.41) is 0. The van der Waals surface area contributed by atoms with Crippen LogP contribution in [0.1, 0.15) is 29.6 Å². The van der Waals surface area contributed by atoms with Crippen molar-refractivity contribution in [2.45, 2.75) is 25.4 Å². The molecule has 2 aromatic rings. The Morgan fingerprint density at radius 3 is 2.73 bits per heavy atom. The van der Waals surface area contributed by atoms with E-state index in [0.717, 1.165) is 50.3 Å². The summed E-state index contributed by atoms with van der Waals surface area (Å²) in [5.41, 5.74) is 0.963. The molecule has 0 saturated carbocycles. The van der Waals surface area contributed by atoms with Crippen molar-refractivity contribution < 1.29 is 14.3 Å². The molecule has 0 radical (unpaired) electrons. The maximum absolute atomic E-state index is 12.6. The zero-order valence-corrected chi connectivity index (χ0v) is 14.8. The van der Waals surface area contributed by atoms with Crippen molar-refractivity contribution in [3.8, 4) is 5.75 Å². The first kappa shape index (κ1) is 17.0. The summed E-state index contributed by atoms with van der Waals surface area (Å²) in [5.74, 6) is 0.913. The third kappa shape index (κ3) is 3.73. The number of likely N-dealkylation sites (tertiary alicyclic amines) is 1. The molecule has 1 atom stereocenters. The normalized spacial score (nSPS) is 21.7. The average Bonchev–Trinajstić information content (AvgIpc) is 3.10. The molecule has 1 spiro atoms. The third-order valence-electron chi connectivity index (χ3n) is 5.49. The average molecular weight is 352 g/mol. The fourth-order valence-electron chi connectivity index (χ4n) is 3.92. The zero-order valence-electron chi connectivity index (χ0n) is 14.8. The van der Waals surface area contributed by atoms with E-state index in [1.54, 1.807) is 12.4 Å². The first-order valence-electron chi connectivity index (χ1n) is 9.23. The van der Waals surface area contributed by atoms with Gasteiger partial charge in [-0.15, -0.1) is 0 Å². The lowest BCUT2D eigenvalue weighted by molar-refractivity contribution is 0.0427. The van der Waals surface area contributed by atoms with Crippen molar-refractivity contribution in [2.24, 2.45) is 5.41 Å². The van der Waals surface area contributed by atoms with E-state index in [-0.39, 0.29) is 17.4 Å². The Kier molecular flexibility index (Phi) is 4.89. The van der Waals surface area contributed by atoms with Crippen molar-refractivity contribution in [2.75, 3.05) is 26.3 Å². The van der Waals surface area contributed by atoms with Gasteiger partial charge in [0.25, 0.3) is 5.91 Å². The van der Waals surface area contributed by atoms with Gasteiger partial charge in [0.05, 0.1) is 18.9 Å². The quantitative estimate of drug-likeness (QED) is 0.848. The Morgan fingerprint density at radius 1 is 1.19 bits per heavy atom. The second kappa shape index (κ2) is 7.46. The molecule has 0 aliphatic carbocycles. The van der Waals surface area contributed by atoms with E-state index in [0.29, 0.717) is 6.61 Å². The topological polar surface area (TPSA) is 51.7 Å². The number of aromatic nitrogens is 1. The van der Waals surface area contributed by atoms with Crippen LogP contribution in [0.2, 0.25) is 0 Å². The van der Waals surface area contributed by atoms with Crippen molar-refractivity contribution >= 4 is 5.91 Å². The summed E-state index contributed by atoms with van der Waals surface area (Å²) in [6, 6.07) is 13.3. The molecule has 0 N–H and O–H groups in total. The van der Waals surface area contributed by atoms with Gasteiger partial charge in [0, 0.05) is 24.8 Å². The Hall–Kier alpha value is -2.40. The van der Waals surface area contributed by atoms with Crippen LogP contribution < -0.4 is 4.74 Å². The molecule has 5 nitrogen and oxygen atoms in total. The predicted octanol–water partition coefficient (Wildman–Crippen LogP) is 3.17. The Bertz CT molecular complexity index is 727. The number of hydrogen-bond donors (Lipinski definition) is 0. The van der Waals surface area contributed by atoms with Gasteiger partial charge in [-0.1, -0.05) is 18.2 Å². The van der Waals surface area contributed by atoms with E-state index >= 15 is 0 Å². The molecule has 2 aliphatic rings. The summed E-state index contributed by atoms with van der Waals surface area (Å²) < 4.78 is 11.8. The first-order valence-corrected chi connectivity index (χ1v) is 9.23. The lowest BCUT2D eigenvalue weighted by Crippen LogP contribution is -2.43. The van der Waals surface area contributed by atoms with Crippen LogP contribution in [0.5, 0.6) is 5.75 Å². The van der Waals surface area contributed by atoms with Gasteiger partial charge in [0.15, 0.2) is 0 Å². The molecule has 26 heavy (non-hydrogen) atoms. The van der Waals surface area contributed by atoms with Crippen LogP contribution in [0.25, 0.3) is 0 Å². The second-order valence-electron chi connectivity index (χ2n) is 7.30. The molecule has 2 saturated heterocycles. The van der Waals surface area contributed by atoms with Gasteiger partial charge in [0.2, 0.25) is 0 Å². The fraction of sp³-hybridized carbons (Fsp3) is 0.429. The van der Waals surface area contributed by atoms with E-state index in [1.807, 2.05) is 47.4 Å². The van der Waals surface area contributed by atoms with Crippen LogP contribution in [-0.4, -0.2) is 48.2 Å². The Balaban J connectivity index is 1.28. The van der Waals surface area contributed by atoms with Crippen molar-refractivity contribution in [3.63, 3.8) is 0 Å². The monoisotopic (exact) mass is 352 g/mol. The molecule has 1 amide bonds. The number of pyridine rings is 1. The van der Waals surface area contributed by atoms with E-state index in [1.165, 1.54) is 0 Å². The number of hydrogen-bond acceptors (Lipinski definition) is 4. The van der Waals surface area contributed by atoms with Crippen LogP contribution in [0.15, 0.2) is 54.9 Å². The van der Waals surface area contributed by atoms with Crippen LogP contribution >= 0.6 is 0 Å². The van der Waals surface area contributed by atoms with Gasteiger partial charge >= 0.3 is 0 Å². The number of rotatable bonds is 4. The highest BCUT2D eigenvalue weighted by atomic mass is 16.5. The van der Waals surface area contributed by atoms with E-state index in [2.05, 4.69) is 4.98 Å². The fourth-order valence-corrected chi connectivity index (χ4v) is 3.92. The molecule has 1 aromatic heterocycles. The lowest BCUT2D eigenvalue weighted by atomic mass is 9.76. The number of nitrogens with zero attached hydrogens (tertiary/aromatic N) is 2. The lowest BCUT2D eigenvalue weighted by Gasteiger charge is -2.38. The molecular weight excluding hydrogens is 328 g/mol. The van der Waals surface area contributed by atoms with Crippen molar-refractivity contribution in [1.82, 2.24) is 9.88 Å². The predicted molar refractivity (Wildman–Crippen MR) is 98.1 cm³/mol. The summed E-state index contributed by atoms with van der Waals surface area (Å²) in [6.07, 6.45) is 6.56. The van der Waals surface area contributed by atoms with E-state index in [4.69, 9.17) is 9.47 Å². The maximum Gasteiger partial charge on any atom is 0.253 e. The molecule has 0 unspecified atom stereocenters. The number of amides is 1. The van der Waals surface area contributed by atoms with Crippen molar-refractivity contribution in [3.05, 3.63) is 60.4 Å². The van der Waals surface area contributed by atoms with Crippen LogP contribution in [-0.2, 0) is 4.74 Å². The molecular formula is C21H24N2O3. The zero-order chi connectivity index (χ0) is 17.8. The first-order chi connectivity index (χ1) is 12.7. The summed E-state index contributed by atoms with van der Waals surface area (Å²) >= 11 is 0. The molecule has 1 aromatic carbocycles. The van der Waals surface area contributed by atoms with Gasteiger partial charge in [-0.3, -0.25) is 9.78 Å². The van der Waals surface area contributed by atoms with Gasteiger partial charge in [0.1, 0.15) is 12.4 Å². The van der Waals surface area contributed by atoms with Crippen LogP contribution in [0.4, 0.5) is 0 Å². The summed E-state index contributed by atoms with van der Waals surface area (Å²) in [7, 11) is 0. The van der Waals surface area contributed by atoms with E-state index in [9.17, 15) is 4.79 Å². The highest BCUT2D eigenvalue weighted by Gasteiger charge is 2.43. The maximum atomic E-state index is 12.6. The number of carbonyl (C=O) groups is 1. The second-order valence-corrected chi connectivity index (χ2v) is 7.30. The highest BCUT2D eigenvalue weighted by Crippen LogP contribution is 2.42. The van der Waals surface area contributed by atoms with Crippen molar-refractivity contribution in [1.29, 1.82) is 0 Å². The van der Waals surface area contributed by atoms with Crippen LogP contribution in [0.3, 0.4) is 0 Å². The minimum atomic E-state index is 0.117. The SMILES string of the molecule is O=C(c1ccccc1)N1CCC2(CC1)CO[C@@H](COc1cccnc1)C2. The number of carbonyl (C=O) groups excluding carboxylic acids is 1. The largest absolute Gasteiger partial charge is 0.489 e. The third-order valence-corrected chi connectivity index (χ3v) is 5.49. The Labute approximate surface area is 153 Å². The minimum Gasteiger partial charge on any atom is -0.489 e. The van der Waals surface area contributed by atoms with Gasteiger partial charge < -0.3 is 14.4 Å². The molecule has 136 valence electrons. The van der Waals surface area contributed by atoms with Crippen LogP contribution in [0, 0.1) is 5.41 Å². The van der Waals surface area contributed by atoms with E-state index < -0.39 is 0 Å². The highest BCUT2D eigenvalue weighted by molar-refractivity contribution is 5.94. The van der Waals surface area contributed by atoms with Gasteiger partial charge in [-0.25, -0.2) is 0 Å². The Morgan fingerprint density at radius 2 is 2.00 bits per heavy atom. The van der Waals surface area contributed by atoms with Gasteiger partial charge in [-0.2, -0.15) is 0 Å². The summed E-state index contributed by atoms with van der Waals surface area (Å²) in [4.78, 5) is 18.6. The summed E-state index contributed by atoms with van der Waals surface area (Å²) in [6.45, 7) is 2.92. The standard InChI is InChI=1S/C21H24N2O3/c24-20(17-5-2-1-3-6-17)23-11-8-21(9-12-23)13-19(26-16-21)15-25-18-7-4-10-22-14-18/h1-7,10,14,19H,8-9,11-13,15-16H2/t19-/m1/s1.